The smallest absolute Gasteiger partial charge is 0.190 e. The predicted molar refractivity (Wildman–Crippen MR) is 98.3 cm³/mol. The third-order valence-electron chi connectivity index (χ3n) is 3.83. The van der Waals surface area contributed by atoms with Crippen molar-refractivity contribution >= 4 is 41.3 Å². The number of nitrogens with one attached hydrogen (secondary N) is 2. The van der Waals surface area contributed by atoms with E-state index < -0.39 is 0 Å². The molecule has 0 bridgehead atoms. The van der Waals surface area contributed by atoms with E-state index in [1.54, 1.807) is 0 Å². The van der Waals surface area contributed by atoms with Gasteiger partial charge in [-0.15, -0.1) is 35.3 Å². The minimum atomic E-state index is 0. The summed E-state index contributed by atoms with van der Waals surface area (Å²) in [7, 11) is 5.95. The Hall–Kier alpha value is -0.340. The van der Waals surface area contributed by atoms with Crippen LogP contribution in [0.5, 0.6) is 0 Å². The van der Waals surface area contributed by atoms with Crippen LogP contribution < -0.4 is 10.6 Å². The topological polar surface area (TPSA) is 39.7 Å². The van der Waals surface area contributed by atoms with Crippen molar-refractivity contribution in [2.24, 2.45) is 10.9 Å². The van der Waals surface area contributed by atoms with Crippen LogP contribution in [0.3, 0.4) is 0 Å². The average molecular weight is 408 g/mol. The van der Waals surface area contributed by atoms with E-state index in [-0.39, 0.29) is 24.0 Å². The predicted octanol–water partition coefficient (Wildman–Crippen LogP) is 2.54. The van der Waals surface area contributed by atoms with Crippen LogP contribution in [0.25, 0.3) is 0 Å². The molecule has 0 spiro atoms. The number of piperidine rings is 1. The Morgan fingerprint density at radius 1 is 1.55 bits per heavy atom. The van der Waals surface area contributed by atoms with Crippen molar-refractivity contribution in [3.8, 4) is 0 Å². The van der Waals surface area contributed by atoms with Crippen LogP contribution in [0, 0.1) is 5.92 Å². The first-order valence-electron chi connectivity index (χ1n) is 6.88. The lowest BCUT2D eigenvalue weighted by molar-refractivity contribution is 0.125. The highest BCUT2D eigenvalue weighted by Crippen LogP contribution is 2.36. The van der Waals surface area contributed by atoms with Gasteiger partial charge < -0.3 is 10.6 Å². The molecular formula is C14H25IN4S. The third-order valence-corrected chi connectivity index (χ3v) is 4.78. The monoisotopic (exact) mass is 408 g/mol. The molecule has 0 radical (unpaired) electrons. The molecule has 4 nitrogen and oxygen atoms in total. The van der Waals surface area contributed by atoms with Gasteiger partial charge in [0.2, 0.25) is 0 Å². The van der Waals surface area contributed by atoms with Gasteiger partial charge in [0.05, 0.1) is 0 Å². The third kappa shape index (κ3) is 4.33. The van der Waals surface area contributed by atoms with E-state index in [9.17, 15) is 0 Å². The Labute approximate surface area is 143 Å². The largest absolute Gasteiger partial charge is 0.359 e. The molecule has 20 heavy (non-hydrogen) atoms. The van der Waals surface area contributed by atoms with Crippen LogP contribution in [0.4, 0.5) is 0 Å². The molecule has 1 aromatic rings. The average Bonchev–Trinajstić information content (AvgIpc) is 2.93. The number of likely N-dealkylation sites (tertiary alicyclic amines) is 1. The van der Waals surface area contributed by atoms with Crippen molar-refractivity contribution in [3.63, 3.8) is 0 Å². The van der Waals surface area contributed by atoms with E-state index in [4.69, 9.17) is 0 Å². The summed E-state index contributed by atoms with van der Waals surface area (Å²) in [6.07, 6.45) is 2.56. The van der Waals surface area contributed by atoms with Gasteiger partial charge in [0.15, 0.2) is 5.96 Å². The standard InChI is InChI=1S/C14H24N4S.HI/c1-15-14(16-2)17-10-11-6-4-8-18(3)13(11)12-7-5-9-19-12;/h5,7,9,11,13H,4,6,8,10H2,1-3H3,(H2,15,16,17);1H. The summed E-state index contributed by atoms with van der Waals surface area (Å²) in [5, 5.41) is 8.67. The molecule has 0 aromatic carbocycles. The fourth-order valence-corrected chi connectivity index (χ4v) is 3.87. The van der Waals surface area contributed by atoms with Crippen molar-refractivity contribution < 1.29 is 0 Å². The summed E-state index contributed by atoms with van der Waals surface area (Å²) in [6, 6.07) is 4.95. The lowest BCUT2D eigenvalue weighted by Crippen LogP contribution is -2.44. The zero-order valence-corrected chi connectivity index (χ0v) is 15.6. The normalized spacial score (nSPS) is 24.1. The maximum atomic E-state index is 4.18. The maximum Gasteiger partial charge on any atom is 0.190 e. The van der Waals surface area contributed by atoms with Crippen LogP contribution in [-0.2, 0) is 0 Å². The Morgan fingerprint density at radius 2 is 2.35 bits per heavy atom. The molecule has 6 heteroatoms. The first-order valence-corrected chi connectivity index (χ1v) is 7.76. The second-order valence-corrected chi connectivity index (χ2v) is 6.03. The minimum Gasteiger partial charge on any atom is -0.359 e. The number of nitrogens with zero attached hydrogens (tertiary/aromatic N) is 2. The molecule has 1 saturated heterocycles. The second kappa shape index (κ2) is 8.84. The summed E-state index contributed by atoms with van der Waals surface area (Å²) < 4.78 is 0. The Kier molecular flexibility index (Phi) is 7.83. The number of halogens is 1. The van der Waals surface area contributed by atoms with Crippen molar-refractivity contribution in [1.82, 2.24) is 15.5 Å². The molecule has 1 aliphatic rings. The highest BCUT2D eigenvalue weighted by atomic mass is 127. The highest BCUT2D eigenvalue weighted by Gasteiger charge is 2.31. The number of hydrogen-bond acceptors (Lipinski definition) is 3. The van der Waals surface area contributed by atoms with Gasteiger partial charge >= 0.3 is 0 Å². The second-order valence-electron chi connectivity index (χ2n) is 5.05. The summed E-state index contributed by atoms with van der Waals surface area (Å²) in [6.45, 7) is 2.17. The van der Waals surface area contributed by atoms with Gasteiger partial charge in [-0.2, -0.15) is 0 Å². The highest BCUT2D eigenvalue weighted by molar-refractivity contribution is 14.0. The van der Waals surface area contributed by atoms with Crippen molar-refractivity contribution in [2.45, 2.75) is 18.9 Å². The number of guanidine groups is 1. The van der Waals surface area contributed by atoms with Crippen LogP contribution in [0.1, 0.15) is 23.8 Å². The lowest BCUT2D eigenvalue weighted by Gasteiger charge is -2.39. The molecule has 1 fully saturated rings. The van der Waals surface area contributed by atoms with Gasteiger partial charge in [-0.25, -0.2) is 0 Å². The zero-order chi connectivity index (χ0) is 13.7. The molecule has 2 N–H and O–H groups in total. The first-order chi connectivity index (χ1) is 9.26. The molecular weight excluding hydrogens is 383 g/mol. The summed E-state index contributed by atoms with van der Waals surface area (Å²) >= 11 is 1.87. The fourth-order valence-electron chi connectivity index (χ4n) is 2.89. The van der Waals surface area contributed by atoms with Crippen LogP contribution in [0.2, 0.25) is 0 Å². The first kappa shape index (κ1) is 17.7. The molecule has 2 atom stereocenters. The van der Waals surface area contributed by atoms with E-state index in [0.717, 1.165) is 12.5 Å². The van der Waals surface area contributed by atoms with E-state index in [0.29, 0.717) is 12.0 Å². The number of thiophene rings is 1. The summed E-state index contributed by atoms with van der Waals surface area (Å²) in [4.78, 5) is 8.15. The van der Waals surface area contributed by atoms with Crippen molar-refractivity contribution in [1.29, 1.82) is 0 Å². The van der Waals surface area contributed by atoms with Crippen molar-refractivity contribution in [3.05, 3.63) is 22.4 Å². The van der Waals surface area contributed by atoms with Crippen LogP contribution in [-0.4, -0.2) is 45.1 Å². The van der Waals surface area contributed by atoms with Gasteiger partial charge in [-0.1, -0.05) is 6.07 Å². The van der Waals surface area contributed by atoms with Crippen molar-refractivity contribution in [2.75, 3.05) is 34.2 Å². The Balaban J connectivity index is 0.00000200. The summed E-state index contributed by atoms with van der Waals surface area (Å²) in [5.74, 6) is 1.51. The van der Waals surface area contributed by atoms with Gasteiger partial charge in [0.1, 0.15) is 0 Å². The number of aliphatic imine (C=N–C) groups is 1. The lowest BCUT2D eigenvalue weighted by atomic mass is 9.88. The molecule has 2 rings (SSSR count). The number of rotatable bonds is 3. The molecule has 0 saturated carbocycles. The fraction of sp³-hybridized carbons (Fsp3) is 0.643. The van der Waals surface area contributed by atoms with E-state index in [1.807, 2.05) is 25.4 Å². The van der Waals surface area contributed by atoms with E-state index in [1.165, 1.54) is 24.3 Å². The SMILES string of the molecule is CN=C(NC)NCC1CCCN(C)C1c1cccs1.I. The minimum absolute atomic E-state index is 0. The van der Waals surface area contributed by atoms with Gasteiger partial charge in [-0.3, -0.25) is 9.89 Å². The molecule has 1 aromatic heterocycles. The summed E-state index contributed by atoms with van der Waals surface area (Å²) in [5.41, 5.74) is 0. The van der Waals surface area contributed by atoms with E-state index >= 15 is 0 Å². The van der Waals surface area contributed by atoms with Crippen LogP contribution in [0.15, 0.2) is 22.5 Å². The van der Waals surface area contributed by atoms with Gasteiger partial charge in [0.25, 0.3) is 0 Å². The maximum absolute atomic E-state index is 4.18. The molecule has 0 amide bonds. The molecule has 114 valence electrons. The quantitative estimate of drug-likeness (QED) is 0.459. The number of hydrogen-bond donors (Lipinski definition) is 2. The Morgan fingerprint density at radius 3 is 2.95 bits per heavy atom. The van der Waals surface area contributed by atoms with Gasteiger partial charge in [-0.05, 0) is 43.8 Å². The Bertz CT molecular complexity index is 407. The molecule has 0 aliphatic carbocycles. The molecule has 2 heterocycles. The molecule has 1 aliphatic heterocycles. The van der Waals surface area contributed by atoms with Crippen LogP contribution >= 0.6 is 35.3 Å². The van der Waals surface area contributed by atoms with E-state index in [2.05, 4.69) is 45.1 Å². The zero-order valence-electron chi connectivity index (χ0n) is 12.4. The molecule has 2 unspecified atom stereocenters. The van der Waals surface area contributed by atoms with Gasteiger partial charge in [0, 0.05) is 31.6 Å².